The first kappa shape index (κ1) is 22.1. The van der Waals surface area contributed by atoms with Crippen molar-refractivity contribution in [2.24, 2.45) is 5.92 Å². The number of sulfonamides is 1. The largest absolute Gasteiger partial charge is 0.497 e. The van der Waals surface area contributed by atoms with Gasteiger partial charge in [-0.25, -0.2) is 8.42 Å². The molecule has 2 N–H and O–H groups in total. The number of rotatable bonds is 5. The molecule has 170 valence electrons. The fourth-order valence-corrected chi connectivity index (χ4v) is 5.70. The van der Waals surface area contributed by atoms with E-state index in [4.69, 9.17) is 9.47 Å². The molecule has 2 heterocycles. The number of nitrogens with one attached hydrogen (secondary N) is 2. The second-order valence-corrected chi connectivity index (χ2v) is 9.78. The molecule has 10 heteroatoms. The molecule has 0 radical (unpaired) electrons. The zero-order valence-electron chi connectivity index (χ0n) is 17.9. The van der Waals surface area contributed by atoms with Crippen molar-refractivity contribution in [3.63, 3.8) is 0 Å². The maximum atomic E-state index is 13.4. The number of fused-ring (bicyclic) bond motifs is 1. The summed E-state index contributed by atoms with van der Waals surface area (Å²) in [6, 6.07) is 10.1. The predicted molar refractivity (Wildman–Crippen MR) is 118 cm³/mol. The highest BCUT2D eigenvalue weighted by atomic mass is 32.2. The minimum absolute atomic E-state index is 0.0895. The molecule has 1 unspecified atom stereocenters. The molecule has 0 aromatic heterocycles. The number of benzene rings is 2. The Balaban J connectivity index is 1.52. The van der Waals surface area contributed by atoms with Crippen LogP contribution in [0.3, 0.4) is 0 Å². The van der Waals surface area contributed by atoms with Crippen LogP contribution in [0.2, 0.25) is 0 Å². The van der Waals surface area contributed by atoms with Crippen LogP contribution in [0.1, 0.15) is 18.4 Å². The zero-order chi connectivity index (χ0) is 22.9. The molecule has 1 saturated heterocycles. The molecule has 4 rings (SSSR count). The Morgan fingerprint density at radius 3 is 2.88 bits per heavy atom. The fourth-order valence-electron chi connectivity index (χ4n) is 3.95. The van der Waals surface area contributed by atoms with Gasteiger partial charge in [-0.1, -0.05) is 6.07 Å². The van der Waals surface area contributed by atoms with Gasteiger partial charge in [0.2, 0.25) is 15.9 Å². The minimum atomic E-state index is -3.85. The van der Waals surface area contributed by atoms with Crippen LogP contribution in [0.4, 0.5) is 11.4 Å². The van der Waals surface area contributed by atoms with Crippen LogP contribution < -0.4 is 20.1 Å². The number of piperidine rings is 1. The Labute approximate surface area is 186 Å². The average Bonchev–Trinajstić information content (AvgIpc) is 2.78. The third kappa shape index (κ3) is 4.42. The van der Waals surface area contributed by atoms with E-state index in [0.29, 0.717) is 47.8 Å². The Kier molecular flexibility index (Phi) is 6.07. The van der Waals surface area contributed by atoms with Crippen molar-refractivity contribution in [2.75, 3.05) is 37.4 Å². The zero-order valence-corrected chi connectivity index (χ0v) is 18.7. The highest BCUT2D eigenvalue weighted by molar-refractivity contribution is 7.89. The van der Waals surface area contributed by atoms with Gasteiger partial charge in [0.25, 0.3) is 5.91 Å². The molecule has 9 nitrogen and oxygen atoms in total. The van der Waals surface area contributed by atoms with Gasteiger partial charge >= 0.3 is 0 Å². The first-order valence-electron chi connectivity index (χ1n) is 10.3. The number of nitrogens with zero attached hydrogens (tertiary/aromatic N) is 1. The van der Waals surface area contributed by atoms with E-state index in [-0.39, 0.29) is 29.9 Å². The summed E-state index contributed by atoms with van der Waals surface area (Å²) in [4.78, 5) is 24.5. The molecular formula is C22H25N3O6S. The maximum absolute atomic E-state index is 13.4. The average molecular weight is 460 g/mol. The number of amides is 2. The van der Waals surface area contributed by atoms with E-state index < -0.39 is 15.9 Å². The first-order valence-corrected chi connectivity index (χ1v) is 11.7. The molecule has 2 aliphatic rings. The molecular weight excluding hydrogens is 434 g/mol. The SMILES string of the molecule is COc1cccc(NC(=O)C2CCCN(S(=O)(=O)c3cc4c(cc3C)NC(=O)CO4)C2)c1. The maximum Gasteiger partial charge on any atom is 0.262 e. The Bertz CT molecular complexity index is 1160. The number of carbonyl (C=O) groups is 2. The van der Waals surface area contributed by atoms with Gasteiger partial charge in [0, 0.05) is 30.9 Å². The molecule has 1 fully saturated rings. The molecule has 0 spiro atoms. The number of anilines is 2. The van der Waals surface area contributed by atoms with Crippen molar-refractivity contribution in [2.45, 2.75) is 24.7 Å². The molecule has 2 aromatic rings. The van der Waals surface area contributed by atoms with Crippen LogP contribution >= 0.6 is 0 Å². The highest BCUT2D eigenvalue weighted by Gasteiger charge is 2.35. The van der Waals surface area contributed by atoms with E-state index in [1.165, 1.54) is 10.4 Å². The number of hydrogen-bond acceptors (Lipinski definition) is 6. The summed E-state index contributed by atoms with van der Waals surface area (Å²) in [5, 5.41) is 5.53. The van der Waals surface area contributed by atoms with Gasteiger partial charge in [-0.05, 0) is 43.5 Å². The number of aryl methyl sites for hydroxylation is 1. The molecule has 2 aliphatic heterocycles. The van der Waals surface area contributed by atoms with E-state index in [0.717, 1.165) is 0 Å². The Morgan fingerprint density at radius 2 is 2.09 bits per heavy atom. The predicted octanol–water partition coefficient (Wildman–Crippen LogP) is 2.37. The van der Waals surface area contributed by atoms with Gasteiger partial charge in [0.05, 0.1) is 23.6 Å². The third-order valence-corrected chi connectivity index (χ3v) is 7.63. The van der Waals surface area contributed by atoms with Gasteiger partial charge in [-0.2, -0.15) is 4.31 Å². The molecule has 0 aliphatic carbocycles. The van der Waals surface area contributed by atoms with E-state index in [2.05, 4.69) is 10.6 Å². The number of carbonyl (C=O) groups excluding carboxylic acids is 2. The van der Waals surface area contributed by atoms with Gasteiger partial charge in [-0.15, -0.1) is 0 Å². The van der Waals surface area contributed by atoms with Crippen LogP contribution in [-0.2, 0) is 19.6 Å². The fraction of sp³-hybridized carbons (Fsp3) is 0.364. The van der Waals surface area contributed by atoms with Crippen LogP contribution in [0.15, 0.2) is 41.3 Å². The smallest absolute Gasteiger partial charge is 0.262 e. The highest BCUT2D eigenvalue weighted by Crippen LogP contribution is 2.35. The summed E-state index contributed by atoms with van der Waals surface area (Å²) in [5.74, 6) is -0.0481. The van der Waals surface area contributed by atoms with Crippen molar-refractivity contribution >= 4 is 33.2 Å². The minimum Gasteiger partial charge on any atom is -0.497 e. The molecule has 1 atom stereocenters. The summed E-state index contributed by atoms with van der Waals surface area (Å²) < 4.78 is 38.7. The van der Waals surface area contributed by atoms with E-state index >= 15 is 0 Å². The van der Waals surface area contributed by atoms with E-state index in [9.17, 15) is 18.0 Å². The lowest BCUT2D eigenvalue weighted by atomic mass is 9.98. The van der Waals surface area contributed by atoms with E-state index in [1.807, 2.05) is 0 Å². The number of methoxy groups -OCH3 is 1. The summed E-state index contributed by atoms with van der Waals surface area (Å²) >= 11 is 0. The number of ether oxygens (including phenoxy) is 2. The lowest BCUT2D eigenvalue weighted by molar-refractivity contribution is -0.121. The topological polar surface area (TPSA) is 114 Å². The normalized spacial score (nSPS) is 18.8. The van der Waals surface area contributed by atoms with Crippen LogP contribution in [0.5, 0.6) is 11.5 Å². The summed E-state index contributed by atoms with van der Waals surface area (Å²) in [7, 11) is -2.30. The van der Waals surface area contributed by atoms with Crippen molar-refractivity contribution in [1.29, 1.82) is 0 Å². The summed E-state index contributed by atoms with van der Waals surface area (Å²) in [6.07, 6.45) is 1.17. The van der Waals surface area contributed by atoms with Crippen molar-refractivity contribution < 1.29 is 27.5 Å². The lowest BCUT2D eigenvalue weighted by Crippen LogP contribution is -2.43. The molecule has 0 saturated carbocycles. The van der Waals surface area contributed by atoms with Gasteiger partial charge in [-0.3, -0.25) is 9.59 Å². The van der Waals surface area contributed by atoms with Gasteiger partial charge in [0.1, 0.15) is 11.5 Å². The molecule has 32 heavy (non-hydrogen) atoms. The molecule has 2 aromatic carbocycles. The van der Waals surface area contributed by atoms with Crippen LogP contribution in [0, 0.1) is 12.8 Å². The van der Waals surface area contributed by atoms with Crippen molar-refractivity contribution in [3.8, 4) is 11.5 Å². The van der Waals surface area contributed by atoms with Crippen molar-refractivity contribution in [1.82, 2.24) is 4.31 Å². The van der Waals surface area contributed by atoms with Crippen molar-refractivity contribution in [3.05, 3.63) is 42.0 Å². The third-order valence-electron chi connectivity index (χ3n) is 5.62. The standard InChI is InChI=1S/C22H25N3O6S/c1-14-9-18-19(31-13-21(26)24-18)11-20(14)32(28,29)25-8-4-5-15(12-25)22(27)23-16-6-3-7-17(10-16)30-2/h3,6-7,9-11,15H,4-5,8,12-13H2,1-2H3,(H,23,27)(H,24,26). The Morgan fingerprint density at radius 1 is 1.28 bits per heavy atom. The Hall–Kier alpha value is -3.11. The monoisotopic (exact) mass is 459 g/mol. The van der Waals surface area contributed by atoms with Crippen LogP contribution in [0.25, 0.3) is 0 Å². The van der Waals surface area contributed by atoms with Gasteiger partial charge < -0.3 is 20.1 Å². The quantitative estimate of drug-likeness (QED) is 0.710. The second kappa shape index (κ2) is 8.79. The number of hydrogen-bond donors (Lipinski definition) is 2. The second-order valence-electron chi connectivity index (χ2n) is 7.87. The summed E-state index contributed by atoms with van der Waals surface area (Å²) in [5.41, 5.74) is 1.54. The first-order chi connectivity index (χ1) is 15.3. The molecule has 2 amide bonds. The molecule has 0 bridgehead atoms. The van der Waals surface area contributed by atoms with Crippen LogP contribution in [-0.4, -0.2) is 51.3 Å². The lowest BCUT2D eigenvalue weighted by Gasteiger charge is -2.32. The van der Waals surface area contributed by atoms with Gasteiger partial charge in [0.15, 0.2) is 6.61 Å². The summed E-state index contributed by atoms with van der Waals surface area (Å²) in [6.45, 7) is 1.93. The van der Waals surface area contributed by atoms with E-state index in [1.54, 1.807) is 44.4 Å².